The number of carbonyl (C=O) groups excluding carboxylic acids is 1. The molecule has 2 aliphatic rings. The van der Waals surface area contributed by atoms with Crippen LogP contribution in [-0.4, -0.2) is 5.97 Å². The number of rotatable bonds is 3. The fraction of sp³-hybridized carbons (Fsp3) is 0.462. The van der Waals surface area contributed by atoms with Crippen molar-refractivity contribution in [2.45, 2.75) is 19.4 Å². The van der Waals surface area contributed by atoms with Crippen molar-refractivity contribution in [1.82, 2.24) is 0 Å². The lowest BCUT2D eigenvalue weighted by molar-refractivity contribution is -0.151. The first kappa shape index (κ1) is 9.70. The van der Waals surface area contributed by atoms with Crippen molar-refractivity contribution in [3.8, 4) is 0 Å². The quantitative estimate of drug-likeness (QED) is 0.578. The van der Waals surface area contributed by atoms with Crippen LogP contribution in [-0.2, 0) is 16.1 Å². The summed E-state index contributed by atoms with van der Waals surface area (Å²) < 4.78 is 10.4. The molecule has 3 nitrogen and oxygen atoms in total. The normalized spacial score (nSPS) is 30.9. The van der Waals surface area contributed by atoms with Crippen LogP contribution in [0, 0.1) is 17.8 Å². The number of fused-ring (bicyclic) bond motifs is 2. The first-order valence-corrected chi connectivity index (χ1v) is 5.70. The molecule has 1 heterocycles. The van der Waals surface area contributed by atoms with Gasteiger partial charge in [-0.3, -0.25) is 4.79 Å². The van der Waals surface area contributed by atoms with Crippen molar-refractivity contribution >= 4 is 5.97 Å². The third-order valence-electron chi connectivity index (χ3n) is 3.52. The molecule has 0 aliphatic heterocycles. The average Bonchev–Trinajstić information content (AvgIpc) is 3.01. The molecule has 3 rings (SSSR count). The Labute approximate surface area is 94.1 Å². The number of allylic oxidation sites excluding steroid dienone is 2. The monoisotopic (exact) mass is 218 g/mol. The van der Waals surface area contributed by atoms with Crippen molar-refractivity contribution in [2.24, 2.45) is 17.8 Å². The third kappa shape index (κ3) is 1.66. The van der Waals surface area contributed by atoms with Gasteiger partial charge in [-0.05, 0) is 36.8 Å². The molecule has 84 valence electrons. The Morgan fingerprint density at radius 1 is 1.44 bits per heavy atom. The Hall–Kier alpha value is -1.51. The Morgan fingerprint density at radius 3 is 3.00 bits per heavy atom. The maximum Gasteiger partial charge on any atom is 0.309 e. The van der Waals surface area contributed by atoms with Crippen LogP contribution in [0.15, 0.2) is 35.0 Å². The van der Waals surface area contributed by atoms with Crippen LogP contribution in [0.1, 0.15) is 18.6 Å². The van der Waals surface area contributed by atoms with Gasteiger partial charge in [-0.25, -0.2) is 0 Å². The molecule has 3 heteroatoms. The SMILES string of the molecule is O=C(OCc1ccco1)[C@H]1C[C@H]2C=C[C@@H]1C2. The molecule has 1 fully saturated rings. The summed E-state index contributed by atoms with van der Waals surface area (Å²) in [6.45, 7) is 0.253. The van der Waals surface area contributed by atoms with Gasteiger partial charge < -0.3 is 9.15 Å². The molecule has 2 bridgehead atoms. The topological polar surface area (TPSA) is 39.4 Å². The number of hydrogen-bond acceptors (Lipinski definition) is 3. The lowest BCUT2D eigenvalue weighted by atomic mass is 9.94. The van der Waals surface area contributed by atoms with E-state index in [2.05, 4.69) is 12.2 Å². The molecule has 0 amide bonds. The van der Waals surface area contributed by atoms with E-state index in [0.29, 0.717) is 17.6 Å². The van der Waals surface area contributed by atoms with E-state index < -0.39 is 0 Å². The van der Waals surface area contributed by atoms with E-state index in [0.717, 1.165) is 12.8 Å². The summed E-state index contributed by atoms with van der Waals surface area (Å²) in [5.41, 5.74) is 0. The van der Waals surface area contributed by atoms with Gasteiger partial charge in [0.15, 0.2) is 0 Å². The summed E-state index contributed by atoms with van der Waals surface area (Å²) in [6, 6.07) is 3.61. The van der Waals surface area contributed by atoms with E-state index in [1.54, 1.807) is 12.3 Å². The van der Waals surface area contributed by atoms with Gasteiger partial charge in [-0.1, -0.05) is 12.2 Å². The Morgan fingerprint density at radius 2 is 2.38 bits per heavy atom. The third-order valence-corrected chi connectivity index (χ3v) is 3.52. The van der Waals surface area contributed by atoms with E-state index in [-0.39, 0.29) is 18.5 Å². The van der Waals surface area contributed by atoms with E-state index in [9.17, 15) is 4.79 Å². The number of ether oxygens (including phenoxy) is 1. The predicted molar refractivity (Wildman–Crippen MR) is 57.3 cm³/mol. The summed E-state index contributed by atoms with van der Waals surface area (Å²) in [5, 5.41) is 0. The molecule has 1 saturated carbocycles. The van der Waals surface area contributed by atoms with Gasteiger partial charge in [0.2, 0.25) is 0 Å². The van der Waals surface area contributed by atoms with Crippen LogP contribution in [0.3, 0.4) is 0 Å². The van der Waals surface area contributed by atoms with E-state index >= 15 is 0 Å². The lowest BCUT2D eigenvalue weighted by Crippen LogP contribution is -2.21. The maximum atomic E-state index is 11.8. The highest BCUT2D eigenvalue weighted by atomic mass is 16.5. The van der Waals surface area contributed by atoms with Gasteiger partial charge in [0.25, 0.3) is 0 Å². The molecule has 0 radical (unpaired) electrons. The van der Waals surface area contributed by atoms with Crippen LogP contribution in [0.5, 0.6) is 0 Å². The highest BCUT2D eigenvalue weighted by molar-refractivity contribution is 5.74. The van der Waals surface area contributed by atoms with Crippen LogP contribution >= 0.6 is 0 Å². The van der Waals surface area contributed by atoms with Gasteiger partial charge in [0.05, 0.1) is 12.2 Å². The summed E-state index contributed by atoms with van der Waals surface area (Å²) in [6.07, 6.45) is 8.05. The predicted octanol–water partition coefficient (Wildman–Crippen LogP) is 2.54. The first-order chi connectivity index (χ1) is 7.83. The van der Waals surface area contributed by atoms with Crippen molar-refractivity contribution in [3.05, 3.63) is 36.3 Å². The second kappa shape index (κ2) is 3.81. The van der Waals surface area contributed by atoms with Crippen LogP contribution in [0.4, 0.5) is 0 Å². The number of furan rings is 1. The van der Waals surface area contributed by atoms with E-state index in [1.807, 2.05) is 6.07 Å². The summed E-state index contributed by atoms with van der Waals surface area (Å²) in [5.74, 6) is 1.71. The summed E-state index contributed by atoms with van der Waals surface area (Å²) >= 11 is 0. The minimum absolute atomic E-state index is 0.0740. The summed E-state index contributed by atoms with van der Waals surface area (Å²) in [7, 11) is 0. The van der Waals surface area contributed by atoms with Gasteiger partial charge >= 0.3 is 5.97 Å². The van der Waals surface area contributed by atoms with Gasteiger partial charge in [-0.15, -0.1) is 0 Å². The molecule has 2 aliphatic carbocycles. The summed E-state index contributed by atoms with van der Waals surface area (Å²) in [4.78, 5) is 11.8. The van der Waals surface area contributed by atoms with E-state index in [4.69, 9.17) is 9.15 Å². The van der Waals surface area contributed by atoms with Crippen LogP contribution < -0.4 is 0 Å². The molecule has 0 spiro atoms. The van der Waals surface area contributed by atoms with Gasteiger partial charge in [0, 0.05) is 0 Å². The largest absolute Gasteiger partial charge is 0.466 e. The molecule has 1 aromatic rings. The molecule has 1 aromatic heterocycles. The Kier molecular flexibility index (Phi) is 2.31. The minimum Gasteiger partial charge on any atom is -0.466 e. The Bertz CT molecular complexity index is 405. The number of esters is 1. The molecule has 0 unspecified atom stereocenters. The van der Waals surface area contributed by atoms with Gasteiger partial charge in [0.1, 0.15) is 12.4 Å². The second-order valence-corrected chi connectivity index (χ2v) is 4.57. The van der Waals surface area contributed by atoms with E-state index in [1.165, 1.54) is 0 Å². The standard InChI is InChI=1S/C13H14O3/c14-13(16-8-11-2-1-5-15-11)12-7-9-3-4-10(12)6-9/h1-5,9-10,12H,6-8H2/t9-,10+,12-/m0/s1. The average molecular weight is 218 g/mol. The zero-order chi connectivity index (χ0) is 11.0. The minimum atomic E-state index is -0.0757. The Balaban J connectivity index is 1.56. The molecular formula is C13H14O3. The molecule has 16 heavy (non-hydrogen) atoms. The highest BCUT2D eigenvalue weighted by Crippen LogP contribution is 2.43. The molecule has 0 aromatic carbocycles. The van der Waals surface area contributed by atoms with Crippen molar-refractivity contribution in [2.75, 3.05) is 0 Å². The number of carbonyl (C=O) groups is 1. The van der Waals surface area contributed by atoms with Crippen LogP contribution in [0.2, 0.25) is 0 Å². The number of hydrogen-bond donors (Lipinski definition) is 0. The molecule has 0 saturated heterocycles. The highest BCUT2D eigenvalue weighted by Gasteiger charge is 2.40. The van der Waals surface area contributed by atoms with Crippen molar-refractivity contribution in [3.63, 3.8) is 0 Å². The smallest absolute Gasteiger partial charge is 0.309 e. The maximum absolute atomic E-state index is 11.8. The molecule has 3 atom stereocenters. The van der Waals surface area contributed by atoms with Crippen LogP contribution in [0.25, 0.3) is 0 Å². The zero-order valence-electron chi connectivity index (χ0n) is 8.96. The zero-order valence-corrected chi connectivity index (χ0v) is 8.96. The molecule has 0 N–H and O–H groups in total. The first-order valence-electron chi connectivity index (χ1n) is 5.70. The second-order valence-electron chi connectivity index (χ2n) is 4.57. The van der Waals surface area contributed by atoms with Gasteiger partial charge in [-0.2, -0.15) is 0 Å². The van der Waals surface area contributed by atoms with Crippen molar-refractivity contribution < 1.29 is 13.9 Å². The fourth-order valence-electron chi connectivity index (χ4n) is 2.70. The lowest BCUT2D eigenvalue weighted by Gasteiger charge is -2.15. The molecular weight excluding hydrogens is 204 g/mol. The van der Waals surface area contributed by atoms with Crippen molar-refractivity contribution in [1.29, 1.82) is 0 Å². The fourth-order valence-corrected chi connectivity index (χ4v) is 2.70.